The molecule has 0 spiro atoms. The van der Waals surface area contributed by atoms with Gasteiger partial charge in [-0.1, -0.05) is 25.4 Å². The first-order valence-electron chi connectivity index (χ1n) is 6.37. The van der Waals surface area contributed by atoms with Gasteiger partial charge in [0.25, 0.3) is 5.91 Å². The fraction of sp³-hybridized carbons (Fsp3) is 0.615. The number of amides is 1. The molecule has 0 fully saturated rings. The molecule has 1 aromatic heterocycles. The second-order valence-corrected chi connectivity index (χ2v) is 4.96. The van der Waals surface area contributed by atoms with Crippen LogP contribution in [0.3, 0.4) is 0 Å². The van der Waals surface area contributed by atoms with Crippen molar-refractivity contribution < 1.29 is 9.53 Å². The van der Waals surface area contributed by atoms with Gasteiger partial charge in [0.2, 0.25) is 0 Å². The standard InChI is InChI=1S/C13H20ClN3O2/c1-5-19-9(4)6-16-13(18)11-10(14)7-15-12(17-11)8(2)3/h7-9H,5-6H2,1-4H3,(H,16,18). The van der Waals surface area contributed by atoms with Crippen LogP contribution < -0.4 is 5.32 Å². The third-order valence-corrected chi connectivity index (χ3v) is 2.77. The van der Waals surface area contributed by atoms with Gasteiger partial charge in [-0.25, -0.2) is 9.97 Å². The lowest BCUT2D eigenvalue weighted by Crippen LogP contribution is -2.33. The van der Waals surface area contributed by atoms with Crippen LogP contribution in [0.5, 0.6) is 0 Å². The van der Waals surface area contributed by atoms with Gasteiger partial charge in [0.15, 0.2) is 0 Å². The van der Waals surface area contributed by atoms with Gasteiger partial charge in [0.05, 0.1) is 17.3 Å². The van der Waals surface area contributed by atoms with E-state index in [2.05, 4.69) is 15.3 Å². The highest BCUT2D eigenvalue weighted by molar-refractivity contribution is 6.33. The van der Waals surface area contributed by atoms with E-state index in [9.17, 15) is 4.79 Å². The molecule has 0 bridgehead atoms. The molecule has 5 nitrogen and oxygen atoms in total. The van der Waals surface area contributed by atoms with Crippen molar-refractivity contribution in [2.75, 3.05) is 13.2 Å². The molecule has 0 aliphatic carbocycles. The lowest BCUT2D eigenvalue weighted by molar-refractivity contribution is 0.0693. The SMILES string of the molecule is CCOC(C)CNC(=O)c1nc(C(C)C)ncc1Cl. The normalized spacial score (nSPS) is 12.5. The van der Waals surface area contributed by atoms with E-state index in [1.54, 1.807) is 0 Å². The summed E-state index contributed by atoms with van der Waals surface area (Å²) in [7, 11) is 0. The number of rotatable bonds is 6. The third-order valence-electron chi connectivity index (χ3n) is 2.50. The number of aromatic nitrogens is 2. The molecule has 1 N–H and O–H groups in total. The maximum Gasteiger partial charge on any atom is 0.271 e. The van der Waals surface area contributed by atoms with Crippen molar-refractivity contribution in [1.29, 1.82) is 0 Å². The van der Waals surface area contributed by atoms with Crippen LogP contribution in [0, 0.1) is 0 Å². The van der Waals surface area contributed by atoms with Crippen LogP contribution >= 0.6 is 11.6 Å². The zero-order valence-electron chi connectivity index (χ0n) is 11.7. The molecule has 19 heavy (non-hydrogen) atoms. The van der Waals surface area contributed by atoms with E-state index in [4.69, 9.17) is 16.3 Å². The van der Waals surface area contributed by atoms with Crippen LogP contribution in [0.15, 0.2) is 6.20 Å². The van der Waals surface area contributed by atoms with Crippen molar-refractivity contribution in [3.63, 3.8) is 0 Å². The number of carbonyl (C=O) groups is 1. The lowest BCUT2D eigenvalue weighted by Gasteiger charge is -2.13. The molecule has 1 amide bonds. The Morgan fingerprint density at radius 2 is 2.16 bits per heavy atom. The van der Waals surface area contributed by atoms with Crippen LogP contribution in [0.4, 0.5) is 0 Å². The number of halogens is 1. The first-order valence-corrected chi connectivity index (χ1v) is 6.75. The average molecular weight is 286 g/mol. The maximum absolute atomic E-state index is 12.0. The Balaban J connectivity index is 2.73. The molecule has 1 aromatic rings. The Hall–Kier alpha value is -1.20. The van der Waals surface area contributed by atoms with Gasteiger partial charge in [-0.05, 0) is 13.8 Å². The zero-order valence-corrected chi connectivity index (χ0v) is 12.5. The van der Waals surface area contributed by atoms with Crippen molar-refractivity contribution in [3.8, 4) is 0 Å². The van der Waals surface area contributed by atoms with E-state index >= 15 is 0 Å². The van der Waals surface area contributed by atoms with E-state index in [1.165, 1.54) is 6.20 Å². The Labute approximate surface area is 118 Å². The van der Waals surface area contributed by atoms with Gasteiger partial charge in [-0.15, -0.1) is 0 Å². The summed E-state index contributed by atoms with van der Waals surface area (Å²) in [5, 5.41) is 3.01. The molecule has 0 aliphatic heterocycles. The highest BCUT2D eigenvalue weighted by atomic mass is 35.5. The summed E-state index contributed by atoms with van der Waals surface area (Å²) < 4.78 is 5.34. The number of hydrogen-bond acceptors (Lipinski definition) is 4. The van der Waals surface area contributed by atoms with Crippen LogP contribution in [0.25, 0.3) is 0 Å². The first-order chi connectivity index (χ1) is 8.95. The highest BCUT2D eigenvalue weighted by Crippen LogP contribution is 2.16. The quantitative estimate of drug-likeness (QED) is 0.872. The van der Waals surface area contributed by atoms with Crippen molar-refractivity contribution in [2.45, 2.75) is 39.7 Å². The Kier molecular flexibility index (Phi) is 6.18. The van der Waals surface area contributed by atoms with E-state index in [1.807, 2.05) is 27.7 Å². The summed E-state index contributed by atoms with van der Waals surface area (Å²) in [6, 6.07) is 0. The highest BCUT2D eigenvalue weighted by Gasteiger charge is 2.16. The largest absolute Gasteiger partial charge is 0.377 e. The number of carbonyl (C=O) groups excluding carboxylic acids is 1. The van der Waals surface area contributed by atoms with E-state index < -0.39 is 0 Å². The number of ether oxygens (including phenoxy) is 1. The third kappa shape index (κ3) is 4.76. The minimum Gasteiger partial charge on any atom is -0.377 e. The molecule has 106 valence electrons. The molecule has 0 radical (unpaired) electrons. The molecular formula is C13H20ClN3O2. The fourth-order valence-corrected chi connectivity index (χ4v) is 1.66. The zero-order chi connectivity index (χ0) is 14.4. The van der Waals surface area contributed by atoms with Crippen molar-refractivity contribution >= 4 is 17.5 Å². The van der Waals surface area contributed by atoms with E-state index in [-0.39, 0.29) is 28.6 Å². The summed E-state index contributed by atoms with van der Waals surface area (Å²) in [6.07, 6.45) is 1.42. The molecule has 1 atom stereocenters. The summed E-state index contributed by atoms with van der Waals surface area (Å²) in [4.78, 5) is 20.3. The van der Waals surface area contributed by atoms with Gasteiger partial charge < -0.3 is 10.1 Å². The fourth-order valence-electron chi connectivity index (χ4n) is 1.48. The lowest BCUT2D eigenvalue weighted by atomic mass is 10.2. The van der Waals surface area contributed by atoms with Gasteiger partial charge in [-0.3, -0.25) is 4.79 Å². The molecule has 0 saturated carbocycles. The summed E-state index contributed by atoms with van der Waals surface area (Å²) >= 11 is 5.96. The van der Waals surface area contributed by atoms with Gasteiger partial charge in [0.1, 0.15) is 11.5 Å². The Bertz CT molecular complexity index is 438. The topological polar surface area (TPSA) is 64.1 Å². The molecular weight excluding hydrogens is 266 g/mol. The Morgan fingerprint density at radius 1 is 1.47 bits per heavy atom. The van der Waals surface area contributed by atoms with Crippen LogP contribution in [-0.2, 0) is 4.74 Å². The van der Waals surface area contributed by atoms with Crippen LogP contribution in [-0.4, -0.2) is 35.1 Å². The van der Waals surface area contributed by atoms with Crippen molar-refractivity contribution in [3.05, 3.63) is 22.7 Å². The van der Waals surface area contributed by atoms with Crippen molar-refractivity contribution in [2.24, 2.45) is 0 Å². The molecule has 0 aliphatic rings. The molecule has 1 unspecified atom stereocenters. The van der Waals surface area contributed by atoms with Crippen LogP contribution in [0.1, 0.15) is 49.9 Å². The maximum atomic E-state index is 12.0. The smallest absolute Gasteiger partial charge is 0.271 e. The van der Waals surface area contributed by atoms with E-state index in [0.29, 0.717) is 19.0 Å². The molecule has 6 heteroatoms. The van der Waals surface area contributed by atoms with Gasteiger partial charge in [-0.2, -0.15) is 0 Å². The monoisotopic (exact) mass is 285 g/mol. The second kappa shape index (κ2) is 7.40. The van der Waals surface area contributed by atoms with Crippen molar-refractivity contribution in [1.82, 2.24) is 15.3 Å². The van der Waals surface area contributed by atoms with Gasteiger partial charge >= 0.3 is 0 Å². The molecule has 1 rings (SSSR count). The van der Waals surface area contributed by atoms with E-state index in [0.717, 1.165) is 0 Å². The summed E-state index contributed by atoms with van der Waals surface area (Å²) in [5.74, 6) is 0.444. The van der Waals surface area contributed by atoms with Crippen LogP contribution in [0.2, 0.25) is 5.02 Å². The number of nitrogens with zero attached hydrogens (tertiary/aromatic N) is 2. The number of hydrogen-bond donors (Lipinski definition) is 1. The predicted molar refractivity (Wildman–Crippen MR) is 74.6 cm³/mol. The predicted octanol–water partition coefficient (Wildman–Crippen LogP) is 2.41. The Morgan fingerprint density at radius 3 is 2.74 bits per heavy atom. The first kappa shape index (κ1) is 15.9. The molecule has 1 heterocycles. The minimum atomic E-state index is -0.305. The molecule has 0 aromatic carbocycles. The van der Waals surface area contributed by atoms with Gasteiger partial charge in [0, 0.05) is 19.1 Å². The minimum absolute atomic E-state index is 0.0425. The average Bonchev–Trinajstić information content (AvgIpc) is 2.36. The summed E-state index contributed by atoms with van der Waals surface area (Å²) in [6.45, 7) is 8.76. The number of nitrogens with one attached hydrogen (secondary N) is 1. The second-order valence-electron chi connectivity index (χ2n) is 4.56. The summed E-state index contributed by atoms with van der Waals surface area (Å²) in [5.41, 5.74) is 0.212. The molecule has 0 saturated heterocycles.